The fourth-order valence-corrected chi connectivity index (χ4v) is 2.60. The Balaban J connectivity index is 2.05. The molecule has 2 heterocycles. The van der Waals surface area contributed by atoms with E-state index in [0.717, 1.165) is 24.3 Å². The van der Waals surface area contributed by atoms with Crippen LogP contribution in [0.25, 0.3) is 10.9 Å². The van der Waals surface area contributed by atoms with Crippen molar-refractivity contribution in [1.29, 1.82) is 0 Å². The molecule has 0 aliphatic carbocycles. The molecule has 0 bridgehead atoms. The molecule has 1 aliphatic rings. The summed E-state index contributed by atoms with van der Waals surface area (Å²) in [7, 11) is 0. The zero-order valence-electron chi connectivity index (χ0n) is 10.8. The number of fused-ring (bicyclic) bond motifs is 1. The fraction of sp³-hybridized carbons (Fsp3) is 0.357. The Labute approximate surface area is 110 Å². The van der Waals surface area contributed by atoms with Gasteiger partial charge in [-0.15, -0.1) is 0 Å². The minimum Gasteiger partial charge on any atom is -0.358 e. The van der Waals surface area contributed by atoms with E-state index in [1.165, 1.54) is 12.1 Å². The first-order chi connectivity index (χ1) is 9.16. The summed E-state index contributed by atoms with van der Waals surface area (Å²) in [6, 6.07) is 4.50. The number of piperazine rings is 1. The van der Waals surface area contributed by atoms with E-state index in [4.69, 9.17) is 0 Å². The number of aromatic nitrogens is 1. The molecule has 1 saturated heterocycles. The Bertz CT molecular complexity index is 629. The third kappa shape index (κ3) is 2.10. The number of aryl methyl sites for hydroxylation is 1. The summed E-state index contributed by atoms with van der Waals surface area (Å²) in [6.45, 7) is 4.86. The van der Waals surface area contributed by atoms with Crippen LogP contribution in [0.15, 0.2) is 18.2 Å². The van der Waals surface area contributed by atoms with E-state index in [1.54, 1.807) is 6.07 Å². The number of aromatic amines is 1. The van der Waals surface area contributed by atoms with E-state index >= 15 is 0 Å². The highest BCUT2D eigenvalue weighted by Crippen LogP contribution is 2.24. The van der Waals surface area contributed by atoms with Crippen LogP contribution in [0.2, 0.25) is 0 Å². The Kier molecular flexibility index (Phi) is 2.98. The Morgan fingerprint density at radius 2 is 2.05 bits per heavy atom. The van der Waals surface area contributed by atoms with Crippen LogP contribution in [0, 0.1) is 12.7 Å². The molecule has 4 nitrogen and oxygen atoms in total. The number of H-pyrrole nitrogens is 1. The standard InChI is InChI=1S/C14H16FN3O/c1-9-13(14(19)18-6-4-16-5-7-18)11-8-10(15)2-3-12(11)17-9/h2-3,8,16-17H,4-7H2,1H3. The monoisotopic (exact) mass is 261 g/mol. The number of hydrogen-bond donors (Lipinski definition) is 2. The summed E-state index contributed by atoms with van der Waals surface area (Å²) in [5.41, 5.74) is 2.19. The van der Waals surface area contributed by atoms with E-state index in [9.17, 15) is 9.18 Å². The van der Waals surface area contributed by atoms with Crippen molar-refractivity contribution in [1.82, 2.24) is 15.2 Å². The number of halogens is 1. The lowest BCUT2D eigenvalue weighted by atomic mass is 10.1. The van der Waals surface area contributed by atoms with Crippen molar-refractivity contribution in [2.24, 2.45) is 0 Å². The van der Waals surface area contributed by atoms with Gasteiger partial charge in [0.25, 0.3) is 5.91 Å². The molecule has 0 saturated carbocycles. The first-order valence-electron chi connectivity index (χ1n) is 6.44. The van der Waals surface area contributed by atoms with Crippen LogP contribution in [-0.4, -0.2) is 42.0 Å². The Hall–Kier alpha value is -1.88. The first kappa shape index (κ1) is 12.2. The van der Waals surface area contributed by atoms with E-state index in [0.29, 0.717) is 24.0 Å². The highest BCUT2D eigenvalue weighted by molar-refractivity contribution is 6.08. The molecule has 0 unspecified atom stereocenters. The zero-order chi connectivity index (χ0) is 13.4. The lowest BCUT2D eigenvalue weighted by Gasteiger charge is -2.27. The van der Waals surface area contributed by atoms with E-state index in [2.05, 4.69) is 10.3 Å². The maximum atomic E-state index is 13.4. The zero-order valence-corrected chi connectivity index (χ0v) is 10.8. The van der Waals surface area contributed by atoms with Crippen molar-refractivity contribution < 1.29 is 9.18 Å². The van der Waals surface area contributed by atoms with Gasteiger partial charge in [0.1, 0.15) is 5.82 Å². The third-order valence-electron chi connectivity index (χ3n) is 3.57. The number of nitrogens with one attached hydrogen (secondary N) is 2. The maximum absolute atomic E-state index is 13.4. The number of rotatable bonds is 1. The highest BCUT2D eigenvalue weighted by atomic mass is 19.1. The lowest BCUT2D eigenvalue weighted by molar-refractivity contribution is 0.0737. The molecule has 1 fully saturated rings. The number of hydrogen-bond acceptors (Lipinski definition) is 2. The van der Waals surface area contributed by atoms with Crippen molar-refractivity contribution in [2.45, 2.75) is 6.92 Å². The van der Waals surface area contributed by atoms with E-state index < -0.39 is 0 Å². The molecule has 0 atom stereocenters. The second-order valence-electron chi connectivity index (χ2n) is 4.86. The molecule has 1 aromatic heterocycles. The van der Waals surface area contributed by atoms with Crippen LogP contribution in [0.5, 0.6) is 0 Å². The van der Waals surface area contributed by atoms with Gasteiger partial charge in [-0.25, -0.2) is 4.39 Å². The topological polar surface area (TPSA) is 48.1 Å². The quantitative estimate of drug-likeness (QED) is 0.820. The molecule has 2 aromatic rings. The average Bonchev–Trinajstić information content (AvgIpc) is 2.74. The van der Waals surface area contributed by atoms with Crippen molar-refractivity contribution in [2.75, 3.05) is 26.2 Å². The number of carbonyl (C=O) groups excluding carboxylic acids is 1. The molecule has 0 spiro atoms. The van der Waals surface area contributed by atoms with Gasteiger partial charge in [-0.2, -0.15) is 0 Å². The van der Waals surface area contributed by atoms with E-state index in [-0.39, 0.29) is 11.7 Å². The number of benzene rings is 1. The second-order valence-corrected chi connectivity index (χ2v) is 4.86. The van der Waals surface area contributed by atoms with Crippen molar-refractivity contribution >= 4 is 16.8 Å². The summed E-state index contributed by atoms with van der Waals surface area (Å²) in [4.78, 5) is 17.5. The smallest absolute Gasteiger partial charge is 0.256 e. The Morgan fingerprint density at radius 3 is 2.79 bits per heavy atom. The van der Waals surface area contributed by atoms with Gasteiger partial charge < -0.3 is 15.2 Å². The van der Waals surface area contributed by atoms with Gasteiger partial charge in [0.05, 0.1) is 5.56 Å². The summed E-state index contributed by atoms with van der Waals surface area (Å²) in [5, 5.41) is 3.88. The molecule has 3 rings (SSSR count). The second kappa shape index (κ2) is 4.66. The molecule has 100 valence electrons. The van der Waals surface area contributed by atoms with E-state index in [1.807, 2.05) is 11.8 Å². The van der Waals surface area contributed by atoms with Crippen molar-refractivity contribution in [3.63, 3.8) is 0 Å². The van der Waals surface area contributed by atoms with Gasteiger partial charge in [0.15, 0.2) is 0 Å². The minimum absolute atomic E-state index is 0.0177. The summed E-state index contributed by atoms with van der Waals surface area (Å²) < 4.78 is 13.4. The number of amides is 1. The van der Waals surface area contributed by atoms with Crippen LogP contribution < -0.4 is 5.32 Å². The summed E-state index contributed by atoms with van der Waals surface area (Å²) >= 11 is 0. The van der Waals surface area contributed by atoms with Crippen LogP contribution in [0.1, 0.15) is 16.1 Å². The molecule has 5 heteroatoms. The van der Waals surface area contributed by atoms with Gasteiger partial charge >= 0.3 is 0 Å². The number of carbonyl (C=O) groups is 1. The molecule has 1 amide bonds. The Morgan fingerprint density at radius 1 is 1.32 bits per heavy atom. The van der Waals surface area contributed by atoms with Crippen LogP contribution in [0.4, 0.5) is 4.39 Å². The summed E-state index contributed by atoms with van der Waals surface area (Å²) in [5.74, 6) is -0.336. The fourth-order valence-electron chi connectivity index (χ4n) is 2.60. The molecule has 19 heavy (non-hydrogen) atoms. The van der Waals surface area contributed by atoms with Gasteiger partial charge in [-0.1, -0.05) is 0 Å². The molecule has 2 N–H and O–H groups in total. The predicted octanol–water partition coefficient (Wildman–Crippen LogP) is 1.66. The minimum atomic E-state index is -0.319. The molecule has 0 radical (unpaired) electrons. The largest absolute Gasteiger partial charge is 0.358 e. The van der Waals surface area contributed by atoms with Gasteiger partial charge in [-0.05, 0) is 25.1 Å². The van der Waals surface area contributed by atoms with Crippen LogP contribution in [0.3, 0.4) is 0 Å². The van der Waals surface area contributed by atoms with Gasteiger partial charge in [0, 0.05) is 42.8 Å². The number of nitrogens with zero attached hydrogens (tertiary/aromatic N) is 1. The maximum Gasteiger partial charge on any atom is 0.256 e. The third-order valence-corrected chi connectivity index (χ3v) is 3.57. The summed E-state index contributed by atoms with van der Waals surface area (Å²) in [6.07, 6.45) is 0. The van der Waals surface area contributed by atoms with Gasteiger partial charge in [0.2, 0.25) is 0 Å². The molecular weight excluding hydrogens is 245 g/mol. The SMILES string of the molecule is Cc1[nH]c2ccc(F)cc2c1C(=O)N1CCNCC1. The molecule has 1 aromatic carbocycles. The molecule has 1 aliphatic heterocycles. The molecular formula is C14H16FN3O. The van der Waals surface area contributed by atoms with Crippen LogP contribution >= 0.6 is 0 Å². The van der Waals surface area contributed by atoms with Crippen LogP contribution in [-0.2, 0) is 0 Å². The average molecular weight is 261 g/mol. The normalized spacial score (nSPS) is 16.0. The lowest BCUT2D eigenvalue weighted by Crippen LogP contribution is -2.46. The first-order valence-corrected chi connectivity index (χ1v) is 6.44. The van der Waals surface area contributed by atoms with Gasteiger partial charge in [-0.3, -0.25) is 4.79 Å². The van der Waals surface area contributed by atoms with Crippen molar-refractivity contribution in [3.05, 3.63) is 35.3 Å². The highest BCUT2D eigenvalue weighted by Gasteiger charge is 2.23. The van der Waals surface area contributed by atoms with Crippen molar-refractivity contribution in [3.8, 4) is 0 Å². The predicted molar refractivity (Wildman–Crippen MR) is 71.8 cm³/mol.